The van der Waals surface area contributed by atoms with Crippen LogP contribution >= 0.6 is 0 Å². The summed E-state index contributed by atoms with van der Waals surface area (Å²) in [5.41, 5.74) is 0.772. The van der Waals surface area contributed by atoms with E-state index in [4.69, 9.17) is 0 Å². The Kier molecular flexibility index (Phi) is 3.84. The van der Waals surface area contributed by atoms with Crippen LogP contribution in [-0.4, -0.2) is 30.6 Å². The second kappa shape index (κ2) is 5.38. The van der Waals surface area contributed by atoms with Gasteiger partial charge in [0, 0.05) is 25.3 Å². The van der Waals surface area contributed by atoms with E-state index in [-0.39, 0.29) is 11.8 Å². The smallest absolute Gasteiger partial charge is 0.323 e. The van der Waals surface area contributed by atoms with E-state index >= 15 is 0 Å². The summed E-state index contributed by atoms with van der Waals surface area (Å²) < 4.78 is 12.8. The monoisotopic (exact) mass is 250 g/mol. The van der Waals surface area contributed by atoms with Gasteiger partial charge in [-0.1, -0.05) is 13.8 Å². The van der Waals surface area contributed by atoms with Gasteiger partial charge in [-0.2, -0.15) is 0 Å². The zero-order valence-electron chi connectivity index (χ0n) is 10.9. The van der Waals surface area contributed by atoms with E-state index in [2.05, 4.69) is 13.8 Å². The molecule has 1 aromatic rings. The van der Waals surface area contributed by atoms with Gasteiger partial charge in [0.2, 0.25) is 0 Å². The Hall–Kier alpha value is -1.58. The number of rotatable bonds is 4. The molecule has 18 heavy (non-hydrogen) atoms. The van der Waals surface area contributed by atoms with E-state index in [0.29, 0.717) is 12.5 Å². The van der Waals surface area contributed by atoms with Crippen LogP contribution in [0.15, 0.2) is 24.3 Å². The van der Waals surface area contributed by atoms with Gasteiger partial charge in [-0.15, -0.1) is 0 Å². The van der Waals surface area contributed by atoms with Crippen LogP contribution in [0.3, 0.4) is 0 Å². The molecule has 2 amide bonds. The Balaban J connectivity index is 2.00. The Morgan fingerprint density at radius 1 is 1.22 bits per heavy atom. The number of anilines is 1. The molecule has 1 aliphatic heterocycles. The summed E-state index contributed by atoms with van der Waals surface area (Å²) >= 11 is 0. The number of carbonyl (C=O) groups is 1. The van der Waals surface area contributed by atoms with Crippen molar-refractivity contribution < 1.29 is 9.18 Å². The molecule has 0 unspecified atom stereocenters. The first kappa shape index (κ1) is 12.9. The van der Waals surface area contributed by atoms with Crippen LogP contribution in [0.4, 0.5) is 14.9 Å². The average Bonchev–Trinajstić information content (AvgIpc) is 2.69. The summed E-state index contributed by atoms with van der Waals surface area (Å²) in [4.78, 5) is 15.7. The van der Waals surface area contributed by atoms with Crippen molar-refractivity contribution in [3.8, 4) is 0 Å². The van der Waals surface area contributed by atoms with Crippen molar-refractivity contribution in [3.63, 3.8) is 0 Å². The topological polar surface area (TPSA) is 23.6 Å². The molecule has 0 aromatic heterocycles. The maximum Gasteiger partial charge on any atom is 0.324 e. The maximum atomic E-state index is 12.8. The standard InChI is InChI=1S/C14H19FN2O/c1-11(2)7-8-16-9-10-17(14(16)18)13-5-3-12(15)4-6-13/h3-6,11H,7-10H2,1-2H3. The van der Waals surface area contributed by atoms with Gasteiger partial charge in [-0.3, -0.25) is 4.90 Å². The highest BCUT2D eigenvalue weighted by Gasteiger charge is 2.29. The Morgan fingerprint density at radius 3 is 2.50 bits per heavy atom. The normalized spacial score (nSPS) is 15.9. The number of amides is 2. The highest BCUT2D eigenvalue weighted by atomic mass is 19.1. The van der Waals surface area contributed by atoms with Gasteiger partial charge in [0.15, 0.2) is 0 Å². The molecule has 4 heteroatoms. The average molecular weight is 250 g/mol. The van der Waals surface area contributed by atoms with Crippen molar-refractivity contribution in [2.75, 3.05) is 24.5 Å². The third-order valence-electron chi connectivity index (χ3n) is 3.21. The first-order valence-corrected chi connectivity index (χ1v) is 6.40. The summed E-state index contributed by atoms with van der Waals surface area (Å²) in [7, 11) is 0. The molecular formula is C14H19FN2O. The van der Waals surface area contributed by atoms with Crippen LogP contribution in [0.1, 0.15) is 20.3 Å². The molecular weight excluding hydrogens is 231 g/mol. The molecule has 1 saturated heterocycles. The lowest BCUT2D eigenvalue weighted by molar-refractivity contribution is 0.218. The quantitative estimate of drug-likeness (QED) is 0.805. The maximum absolute atomic E-state index is 12.8. The van der Waals surface area contributed by atoms with E-state index in [1.807, 2.05) is 4.90 Å². The zero-order chi connectivity index (χ0) is 13.1. The lowest BCUT2D eigenvalue weighted by Gasteiger charge is -2.19. The number of benzene rings is 1. The van der Waals surface area contributed by atoms with Crippen molar-refractivity contribution in [3.05, 3.63) is 30.1 Å². The van der Waals surface area contributed by atoms with Crippen LogP contribution in [0.25, 0.3) is 0 Å². The summed E-state index contributed by atoms with van der Waals surface area (Å²) in [6.45, 7) is 6.54. The second-order valence-corrected chi connectivity index (χ2v) is 5.08. The van der Waals surface area contributed by atoms with Gasteiger partial charge in [-0.25, -0.2) is 9.18 Å². The van der Waals surface area contributed by atoms with Gasteiger partial charge < -0.3 is 4.90 Å². The van der Waals surface area contributed by atoms with E-state index < -0.39 is 0 Å². The molecule has 0 bridgehead atoms. The zero-order valence-corrected chi connectivity index (χ0v) is 10.9. The van der Waals surface area contributed by atoms with E-state index in [1.165, 1.54) is 12.1 Å². The minimum Gasteiger partial charge on any atom is -0.323 e. The number of hydrogen-bond donors (Lipinski definition) is 0. The van der Waals surface area contributed by atoms with Crippen molar-refractivity contribution in [2.45, 2.75) is 20.3 Å². The van der Waals surface area contributed by atoms with Crippen LogP contribution in [0.5, 0.6) is 0 Å². The fourth-order valence-electron chi connectivity index (χ4n) is 2.06. The summed E-state index contributed by atoms with van der Waals surface area (Å²) in [6.07, 6.45) is 1.02. The van der Waals surface area contributed by atoms with Gasteiger partial charge in [-0.05, 0) is 36.6 Å². The molecule has 98 valence electrons. The van der Waals surface area contributed by atoms with Crippen LogP contribution in [-0.2, 0) is 0 Å². The lowest BCUT2D eigenvalue weighted by atomic mass is 10.1. The van der Waals surface area contributed by atoms with E-state index in [0.717, 1.165) is 25.2 Å². The summed E-state index contributed by atoms with van der Waals surface area (Å²) in [5, 5.41) is 0. The number of urea groups is 1. The van der Waals surface area contributed by atoms with Crippen molar-refractivity contribution >= 4 is 11.7 Å². The second-order valence-electron chi connectivity index (χ2n) is 5.08. The first-order valence-electron chi connectivity index (χ1n) is 6.40. The summed E-state index contributed by atoms with van der Waals surface area (Å²) in [5.74, 6) is 0.319. The van der Waals surface area contributed by atoms with E-state index in [1.54, 1.807) is 17.0 Å². The van der Waals surface area contributed by atoms with Crippen LogP contribution in [0.2, 0.25) is 0 Å². The molecule has 3 nitrogen and oxygen atoms in total. The molecule has 2 rings (SSSR count). The highest BCUT2D eigenvalue weighted by molar-refractivity contribution is 5.94. The molecule has 1 heterocycles. The third-order valence-corrected chi connectivity index (χ3v) is 3.21. The predicted octanol–water partition coefficient (Wildman–Crippen LogP) is 3.11. The number of halogens is 1. The van der Waals surface area contributed by atoms with Crippen molar-refractivity contribution in [1.82, 2.24) is 4.90 Å². The largest absolute Gasteiger partial charge is 0.324 e. The number of nitrogens with zero attached hydrogens (tertiary/aromatic N) is 2. The molecule has 1 fully saturated rings. The van der Waals surface area contributed by atoms with Crippen LogP contribution < -0.4 is 4.90 Å². The van der Waals surface area contributed by atoms with Gasteiger partial charge in [0.1, 0.15) is 5.82 Å². The van der Waals surface area contributed by atoms with Gasteiger partial charge in [0.05, 0.1) is 0 Å². The fourth-order valence-corrected chi connectivity index (χ4v) is 2.06. The molecule has 0 N–H and O–H groups in total. The molecule has 1 aliphatic rings. The highest BCUT2D eigenvalue weighted by Crippen LogP contribution is 2.21. The Morgan fingerprint density at radius 2 is 1.89 bits per heavy atom. The van der Waals surface area contributed by atoms with Crippen molar-refractivity contribution in [1.29, 1.82) is 0 Å². The molecule has 0 saturated carbocycles. The fraction of sp³-hybridized carbons (Fsp3) is 0.500. The number of hydrogen-bond acceptors (Lipinski definition) is 1. The predicted molar refractivity (Wildman–Crippen MR) is 70.2 cm³/mol. The molecule has 1 aromatic carbocycles. The SMILES string of the molecule is CC(C)CCN1CCN(c2ccc(F)cc2)C1=O. The first-order chi connectivity index (χ1) is 8.58. The minimum absolute atomic E-state index is 0.0299. The molecule has 0 spiro atoms. The number of carbonyl (C=O) groups excluding carboxylic acids is 1. The molecule has 0 aliphatic carbocycles. The Labute approximate surface area is 107 Å². The third kappa shape index (κ3) is 2.81. The molecule has 0 radical (unpaired) electrons. The van der Waals surface area contributed by atoms with E-state index in [9.17, 15) is 9.18 Å². The summed E-state index contributed by atoms with van der Waals surface area (Å²) in [6, 6.07) is 6.11. The van der Waals surface area contributed by atoms with Crippen molar-refractivity contribution in [2.24, 2.45) is 5.92 Å². The Bertz CT molecular complexity index is 416. The van der Waals surface area contributed by atoms with Gasteiger partial charge >= 0.3 is 6.03 Å². The lowest BCUT2D eigenvalue weighted by Crippen LogP contribution is -2.32. The molecule has 0 atom stereocenters. The van der Waals surface area contributed by atoms with Gasteiger partial charge in [0.25, 0.3) is 0 Å². The minimum atomic E-state index is -0.276. The van der Waals surface area contributed by atoms with Crippen LogP contribution in [0, 0.1) is 11.7 Å².